The molecule has 4 heteroatoms. The van der Waals surface area contributed by atoms with Crippen LogP contribution in [-0.4, -0.2) is 9.97 Å². The fourth-order valence-electron chi connectivity index (χ4n) is 2.44. The topological polar surface area (TPSA) is 25.8 Å². The monoisotopic (exact) mass is 398 g/mol. The molecule has 0 N–H and O–H groups in total. The van der Waals surface area contributed by atoms with Gasteiger partial charge in [0.15, 0.2) is 5.82 Å². The van der Waals surface area contributed by atoms with Gasteiger partial charge in [-0.15, -0.1) is 0 Å². The van der Waals surface area contributed by atoms with Crippen LogP contribution < -0.4 is 0 Å². The second kappa shape index (κ2) is 5.98. The molecule has 0 amide bonds. The molecule has 2 aromatic rings. The molecule has 1 fully saturated rings. The van der Waals surface area contributed by atoms with Crippen molar-refractivity contribution in [2.75, 3.05) is 0 Å². The molecule has 0 aliphatic heterocycles. The Labute approximate surface area is 138 Å². The van der Waals surface area contributed by atoms with Gasteiger partial charge in [0.25, 0.3) is 0 Å². The number of nitrogens with zero attached hydrogens (tertiary/aromatic N) is 2. The van der Waals surface area contributed by atoms with Crippen LogP contribution in [0.5, 0.6) is 0 Å². The zero-order chi connectivity index (χ0) is 14.1. The van der Waals surface area contributed by atoms with Crippen molar-refractivity contribution in [3.05, 3.63) is 44.2 Å². The van der Waals surface area contributed by atoms with Gasteiger partial charge in [-0.2, -0.15) is 0 Å². The van der Waals surface area contributed by atoms with E-state index < -0.39 is 0 Å². The summed E-state index contributed by atoms with van der Waals surface area (Å²) in [6, 6.07) is 8.46. The molecule has 0 bridgehead atoms. The predicted molar refractivity (Wildman–Crippen MR) is 91.2 cm³/mol. The molecule has 3 rings (SSSR count). The lowest BCUT2D eigenvalue weighted by atomic mass is 10.0. The van der Waals surface area contributed by atoms with Gasteiger partial charge in [-0.3, -0.25) is 0 Å². The smallest absolute Gasteiger partial charge is 0.161 e. The van der Waals surface area contributed by atoms with Gasteiger partial charge in [0.2, 0.25) is 0 Å². The first-order valence-electron chi connectivity index (χ1n) is 7.02. The highest BCUT2D eigenvalue weighted by atomic mass is 127. The Morgan fingerprint density at radius 1 is 1.25 bits per heavy atom. The number of benzene rings is 1. The number of rotatable bonds is 4. The SMILES string of the molecule is CCCc1nc(-c2ccccc2C2CC2)nc(Cl)c1I. The minimum atomic E-state index is 0.574. The second-order valence-corrected chi connectivity index (χ2v) is 6.65. The number of hydrogen-bond donors (Lipinski definition) is 0. The number of halogens is 2. The molecular formula is C16H16ClIN2. The van der Waals surface area contributed by atoms with Crippen LogP contribution >= 0.6 is 34.2 Å². The molecule has 2 nitrogen and oxygen atoms in total. The van der Waals surface area contributed by atoms with Gasteiger partial charge >= 0.3 is 0 Å². The van der Waals surface area contributed by atoms with Crippen molar-refractivity contribution in [3.63, 3.8) is 0 Å². The van der Waals surface area contributed by atoms with Gasteiger partial charge in [0.05, 0.1) is 9.26 Å². The molecule has 0 unspecified atom stereocenters. The lowest BCUT2D eigenvalue weighted by Gasteiger charge is -2.11. The van der Waals surface area contributed by atoms with E-state index in [9.17, 15) is 0 Å². The predicted octanol–water partition coefficient (Wildman–Crippen LogP) is 5.23. The summed E-state index contributed by atoms with van der Waals surface area (Å²) in [5.41, 5.74) is 3.58. The molecule has 0 spiro atoms. The summed E-state index contributed by atoms with van der Waals surface area (Å²) in [4.78, 5) is 9.26. The van der Waals surface area contributed by atoms with E-state index in [2.05, 4.69) is 58.8 Å². The van der Waals surface area contributed by atoms with Crippen molar-refractivity contribution in [3.8, 4) is 11.4 Å². The van der Waals surface area contributed by atoms with Crippen LogP contribution in [0.25, 0.3) is 11.4 Å². The van der Waals surface area contributed by atoms with Crippen molar-refractivity contribution < 1.29 is 0 Å². The third-order valence-electron chi connectivity index (χ3n) is 3.59. The van der Waals surface area contributed by atoms with E-state index in [1.54, 1.807) is 0 Å². The third kappa shape index (κ3) is 2.84. The Bertz CT molecular complexity index is 638. The molecule has 1 heterocycles. The molecular weight excluding hydrogens is 383 g/mol. The first-order valence-corrected chi connectivity index (χ1v) is 8.47. The number of hydrogen-bond acceptors (Lipinski definition) is 2. The zero-order valence-corrected chi connectivity index (χ0v) is 14.3. The Hall–Kier alpha value is -0.680. The Balaban J connectivity index is 2.10. The second-order valence-electron chi connectivity index (χ2n) is 5.21. The fourth-order valence-corrected chi connectivity index (χ4v) is 3.14. The molecule has 20 heavy (non-hydrogen) atoms. The Morgan fingerprint density at radius 3 is 2.70 bits per heavy atom. The zero-order valence-electron chi connectivity index (χ0n) is 11.4. The van der Waals surface area contributed by atoms with Crippen LogP contribution in [-0.2, 0) is 6.42 Å². The van der Waals surface area contributed by atoms with Crippen molar-refractivity contribution in [1.82, 2.24) is 9.97 Å². The van der Waals surface area contributed by atoms with Gasteiger partial charge < -0.3 is 0 Å². The molecule has 104 valence electrons. The largest absolute Gasteiger partial charge is 0.232 e. The van der Waals surface area contributed by atoms with E-state index >= 15 is 0 Å². The van der Waals surface area contributed by atoms with Gasteiger partial charge in [-0.05, 0) is 53.3 Å². The highest BCUT2D eigenvalue weighted by Gasteiger charge is 2.27. The minimum absolute atomic E-state index is 0.574. The standard InChI is InChI=1S/C16H16ClIN2/c1-2-5-13-14(18)15(17)20-16(19-13)12-7-4-3-6-11(12)10-8-9-10/h3-4,6-7,10H,2,5,8-9H2,1H3. The quantitative estimate of drug-likeness (QED) is 0.520. The van der Waals surface area contributed by atoms with Crippen LogP contribution in [0.2, 0.25) is 5.15 Å². The molecule has 1 aromatic heterocycles. The van der Waals surface area contributed by atoms with Gasteiger partial charge in [0, 0.05) is 5.56 Å². The van der Waals surface area contributed by atoms with E-state index in [0.717, 1.165) is 33.5 Å². The van der Waals surface area contributed by atoms with Crippen LogP contribution in [0.4, 0.5) is 0 Å². The molecule has 0 atom stereocenters. The van der Waals surface area contributed by atoms with E-state index in [-0.39, 0.29) is 0 Å². The molecule has 1 aromatic carbocycles. The van der Waals surface area contributed by atoms with Gasteiger partial charge in [0.1, 0.15) is 5.15 Å². The molecule has 1 saturated carbocycles. The Morgan fingerprint density at radius 2 is 2.00 bits per heavy atom. The maximum absolute atomic E-state index is 6.29. The molecule has 0 saturated heterocycles. The average Bonchev–Trinajstić information content (AvgIpc) is 3.28. The number of aryl methyl sites for hydroxylation is 1. The summed E-state index contributed by atoms with van der Waals surface area (Å²) in [5, 5.41) is 0.574. The summed E-state index contributed by atoms with van der Waals surface area (Å²) in [7, 11) is 0. The third-order valence-corrected chi connectivity index (χ3v) is 5.31. The lowest BCUT2D eigenvalue weighted by molar-refractivity contribution is 0.866. The maximum atomic E-state index is 6.29. The molecule has 0 radical (unpaired) electrons. The Kier molecular flexibility index (Phi) is 4.26. The average molecular weight is 399 g/mol. The van der Waals surface area contributed by atoms with Crippen LogP contribution in [0.1, 0.15) is 43.4 Å². The minimum Gasteiger partial charge on any atom is -0.232 e. The van der Waals surface area contributed by atoms with E-state index in [1.807, 2.05) is 0 Å². The lowest BCUT2D eigenvalue weighted by Crippen LogP contribution is -2.02. The van der Waals surface area contributed by atoms with Crippen molar-refractivity contribution in [2.24, 2.45) is 0 Å². The summed E-state index contributed by atoms with van der Waals surface area (Å²) in [6.07, 6.45) is 4.56. The highest BCUT2D eigenvalue weighted by molar-refractivity contribution is 14.1. The number of aromatic nitrogens is 2. The summed E-state index contributed by atoms with van der Waals surface area (Å²) in [6.45, 7) is 2.16. The first kappa shape index (κ1) is 14.3. The van der Waals surface area contributed by atoms with E-state index in [0.29, 0.717) is 11.1 Å². The van der Waals surface area contributed by atoms with Crippen molar-refractivity contribution in [2.45, 2.75) is 38.5 Å². The normalized spacial score (nSPS) is 14.6. The molecule has 1 aliphatic carbocycles. The fraction of sp³-hybridized carbons (Fsp3) is 0.375. The van der Waals surface area contributed by atoms with Crippen LogP contribution in [0.15, 0.2) is 24.3 Å². The summed E-state index contributed by atoms with van der Waals surface area (Å²) in [5.74, 6) is 1.46. The van der Waals surface area contributed by atoms with E-state index in [1.165, 1.54) is 18.4 Å². The van der Waals surface area contributed by atoms with Crippen LogP contribution in [0, 0.1) is 3.57 Å². The maximum Gasteiger partial charge on any atom is 0.161 e. The van der Waals surface area contributed by atoms with E-state index in [4.69, 9.17) is 16.6 Å². The first-order chi connectivity index (χ1) is 9.70. The van der Waals surface area contributed by atoms with Crippen LogP contribution in [0.3, 0.4) is 0 Å². The summed E-state index contributed by atoms with van der Waals surface area (Å²) < 4.78 is 0.985. The highest BCUT2D eigenvalue weighted by Crippen LogP contribution is 2.44. The van der Waals surface area contributed by atoms with Gasteiger partial charge in [-0.1, -0.05) is 49.2 Å². The molecule has 1 aliphatic rings. The van der Waals surface area contributed by atoms with Crippen molar-refractivity contribution >= 4 is 34.2 Å². The summed E-state index contributed by atoms with van der Waals surface area (Å²) >= 11 is 8.54. The van der Waals surface area contributed by atoms with Gasteiger partial charge in [-0.25, -0.2) is 9.97 Å². The van der Waals surface area contributed by atoms with Crippen molar-refractivity contribution in [1.29, 1.82) is 0 Å².